The van der Waals surface area contributed by atoms with E-state index >= 15 is 0 Å². The summed E-state index contributed by atoms with van der Waals surface area (Å²) in [6, 6.07) is 19.8. The zero-order valence-corrected chi connectivity index (χ0v) is 14.7. The summed E-state index contributed by atoms with van der Waals surface area (Å²) in [5.41, 5.74) is 4.06. The molecule has 0 amide bonds. The van der Waals surface area contributed by atoms with Crippen molar-refractivity contribution in [3.63, 3.8) is 0 Å². The first-order valence-corrected chi connectivity index (χ1v) is 9.21. The predicted molar refractivity (Wildman–Crippen MR) is 104 cm³/mol. The van der Waals surface area contributed by atoms with Crippen molar-refractivity contribution < 1.29 is 0 Å². The maximum Gasteiger partial charge on any atom is 0.0367 e. The molecule has 1 aliphatic rings. The van der Waals surface area contributed by atoms with Crippen LogP contribution in [0.3, 0.4) is 0 Å². The minimum atomic E-state index is 0.974. The summed E-state index contributed by atoms with van der Waals surface area (Å²) in [5, 5.41) is 3.51. The smallest absolute Gasteiger partial charge is 0.0367 e. The first-order chi connectivity index (χ1) is 11.9. The summed E-state index contributed by atoms with van der Waals surface area (Å²) in [5.74, 6) is 0. The van der Waals surface area contributed by atoms with Crippen LogP contribution in [0.4, 0.5) is 11.4 Å². The van der Waals surface area contributed by atoms with Crippen LogP contribution in [0.15, 0.2) is 54.6 Å². The molecule has 1 aliphatic heterocycles. The second kappa shape index (κ2) is 8.74. The van der Waals surface area contributed by atoms with Gasteiger partial charge in [-0.2, -0.15) is 0 Å². The van der Waals surface area contributed by atoms with Crippen molar-refractivity contribution in [3.8, 4) is 0 Å². The van der Waals surface area contributed by atoms with Crippen molar-refractivity contribution in [1.82, 2.24) is 5.32 Å². The molecule has 2 aromatic carbocycles. The normalized spacial score (nSPS) is 14.9. The predicted octanol–water partition coefficient (Wildman–Crippen LogP) is 3.90. The molecule has 0 unspecified atom stereocenters. The standard InChI is InChI=1S/C21H29N3/c1-2-3-13-22-18-19-9-11-21(12-10-19)24-16-14-23(15-17-24)20-7-5-4-6-8-20/h4-12,22H,2-3,13-18H2,1H3. The van der Waals surface area contributed by atoms with Crippen molar-refractivity contribution in [3.05, 3.63) is 60.2 Å². The lowest BCUT2D eigenvalue weighted by Crippen LogP contribution is -2.46. The van der Waals surface area contributed by atoms with E-state index in [2.05, 4.69) is 76.6 Å². The molecule has 2 aromatic rings. The maximum absolute atomic E-state index is 3.51. The largest absolute Gasteiger partial charge is 0.368 e. The Hall–Kier alpha value is -2.00. The van der Waals surface area contributed by atoms with Gasteiger partial charge in [0.15, 0.2) is 0 Å². The number of piperazine rings is 1. The fraction of sp³-hybridized carbons (Fsp3) is 0.429. The zero-order valence-electron chi connectivity index (χ0n) is 14.7. The van der Waals surface area contributed by atoms with Crippen LogP contribution in [-0.4, -0.2) is 32.7 Å². The Morgan fingerprint density at radius 2 is 1.38 bits per heavy atom. The van der Waals surface area contributed by atoms with Crippen molar-refractivity contribution >= 4 is 11.4 Å². The second-order valence-electron chi connectivity index (χ2n) is 6.51. The third-order valence-corrected chi connectivity index (χ3v) is 4.74. The van der Waals surface area contributed by atoms with E-state index < -0.39 is 0 Å². The molecular weight excluding hydrogens is 294 g/mol. The molecule has 1 fully saturated rings. The molecule has 1 N–H and O–H groups in total. The number of nitrogens with one attached hydrogen (secondary N) is 1. The van der Waals surface area contributed by atoms with E-state index in [1.54, 1.807) is 0 Å². The molecular formula is C21H29N3. The average molecular weight is 323 g/mol. The summed E-state index contributed by atoms with van der Waals surface area (Å²) in [7, 11) is 0. The fourth-order valence-corrected chi connectivity index (χ4v) is 3.22. The number of benzene rings is 2. The zero-order chi connectivity index (χ0) is 16.6. The highest BCUT2D eigenvalue weighted by molar-refractivity contribution is 5.52. The van der Waals surface area contributed by atoms with Gasteiger partial charge in [0, 0.05) is 44.1 Å². The molecule has 3 rings (SSSR count). The van der Waals surface area contributed by atoms with Crippen molar-refractivity contribution in [2.75, 3.05) is 42.5 Å². The van der Waals surface area contributed by atoms with Gasteiger partial charge in [-0.1, -0.05) is 43.7 Å². The van der Waals surface area contributed by atoms with Crippen LogP contribution < -0.4 is 15.1 Å². The van der Waals surface area contributed by atoms with Crippen LogP contribution >= 0.6 is 0 Å². The quantitative estimate of drug-likeness (QED) is 0.780. The van der Waals surface area contributed by atoms with Crippen molar-refractivity contribution in [1.29, 1.82) is 0 Å². The van der Waals surface area contributed by atoms with Crippen LogP contribution in [0.1, 0.15) is 25.3 Å². The molecule has 1 heterocycles. The van der Waals surface area contributed by atoms with E-state index in [-0.39, 0.29) is 0 Å². The minimum Gasteiger partial charge on any atom is -0.368 e. The first kappa shape index (κ1) is 16.8. The van der Waals surface area contributed by atoms with Gasteiger partial charge in [0.1, 0.15) is 0 Å². The van der Waals surface area contributed by atoms with E-state index in [1.807, 2.05) is 0 Å². The molecule has 128 valence electrons. The van der Waals surface area contributed by atoms with Gasteiger partial charge in [0.05, 0.1) is 0 Å². The van der Waals surface area contributed by atoms with E-state index in [1.165, 1.54) is 29.8 Å². The highest BCUT2D eigenvalue weighted by Gasteiger charge is 2.17. The molecule has 3 heteroatoms. The van der Waals surface area contributed by atoms with Gasteiger partial charge in [0.25, 0.3) is 0 Å². The van der Waals surface area contributed by atoms with Gasteiger partial charge < -0.3 is 15.1 Å². The fourth-order valence-electron chi connectivity index (χ4n) is 3.22. The number of unbranched alkanes of at least 4 members (excludes halogenated alkanes) is 1. The van der Waals surface area contributed by atoms with Gasteiger partial charge in [-0.05, 0) is 42.8 Å². The first-order valence-electron chi connectivity index (χ1n) is 9.21. The lowest BCUT2D eigenvalue weighted by Gasteiger charge is -2.37. The Balaban J connectivity index is 1.49. The van der Waals surface area contributed by atoms with Gasteiger partial charge in [-0.15, -0.1) is 0 Å². The lowest BCUT2D eigenvalue weighted by molar-refractivity contribution is 0.640. The van der Waals surface area contributed by atoms with Gasteiger partial charge >= 0.3 is 0 Å². The van der Waals surface area contributed by atoms with Crippen molar-refractivity contribution in [2.45, 2.75) is 26.3 Å². The van der Waals surface area contributed by atoms with Crippen LogP contribution in [-0.2, 0) is 6.54 Å². The number of hydrogen-bond donors (Lipinski definition) is 1. The number of para-hydroxylation sites is 1. The Bertz CT molecular complexity index is 586. The Labute approximate surface area is 146 Å². The molecule has 0 saturated carbocycles. The molecule has 0 radical (unpaired) electrons. The van der Waals surface area contributed by atoms with E-state index in [9.17, 15) is 0 Å². The minimum absolute atomic E-state index is 0.974. The van der Waals surface area contributed by atoms with Gasteiger partial charge in [0.2, 0.25) is 0 Å². The molecule has 0 aliphatic carbocycles. The molecule has 3 nitrogen and oxygen atoms in total. The Kier molecular flexibility index (Phi) is 6.13. The highest BCUT2D eigenvalue weighted by Crippen LogP contribution is 2.20. The van der Waals surface area contributed by atoms with Crippen LogP contribution in [0, 0.1) is 0 Å². The SMILES string of the molecule is CCCCNCc1ccc(N2CCN(c3ccccc3)CC2)cc1. The van der Waals surface area contributed by atoms with E-state index in [0.717, 1.165) is 39.3 Å². The summed E-state index contributed by atoms with van der Waals surface area (Å²) < 4.78 is 0. The lowest BCUT2D eigenvalue weighted by atomic mass is 10.1. The average Bonchev–Trinajstić information content (AvgIpc) is 2.67. The van der Waals surface area contributed by atoms with Crippen molar-refractivity contribution in [2.24, 2.45) is 0 Å². The van der Waals surface area contributed by atoms with Crippen LogP contribution in [0.5, 0.6) is 0 Å². The number of hydrogen-bond acceptors (Lipinski definition) is 3. The topological polar surface area (TPSA) is 18.5 Å². The molecule has 24 heavy (non-hydrogen) atoms. The molecule has 0 atom stereocenters. The van der Waals surface area contributed by atoms with Gasteiger partial charge in [-0.3, -0.25) is 0 Å². The van der Waals surface area contributed by atoms with Crippen LogP contribution in [0.2, 0.25) is 0 Å². The molecule has 0 spiro atoms. The van der Waals surface area contributed by atoms with E-state index in [4.69, 9.17) is 0 Å². The maximum atomic E-state index is 3.51. The van der Waals surface area contributed by atoms with Gasteiger partial charge in [-0.25, -0.2) is 0 Å². The number of rotatable bonds is 7. The second-order valence-corrected chi connectivity index (χ2v) is 6.51. The monoisotopic (exact) mass is 323 g/mol. The molecule has 0 aromatic heterocycles. The van der Waals surface area contributed by atoms with Crippen LogP contribution in [0.25, 0.3) is 0 Å². The number of anilines is 2. The highest BCUT2D eigenvalue weighted by atomic mass is 15.3. The molecule has 0 bridgehead atoms. The summed E-state index contributed by atoms with van der Waals surface area (Å²) >= 11 is 0. The third kappa shape index (κ3) is 4.51. The Morgan fingerprint density at radius 3 is 1.96 bits per heavy atom. The number of nitrogens with zero attached hydrogens (tertiary/aromatic N) is 2. The summed E-state index contributed by atoms with van der Waals surface area (Å²) in [6.45, 7) is 8.66. The molecule has 1 saturated heterocycles. The summed E-state index contributed by atoms with van der Waals surface area (Å²) in [4.78, 5) is 4.97. The third-order valence-electron chi connectivity index (χ3n) is 4.74. The van der Waals surface area contributed by atoms with E-state index in [0.29, 0.717) is 0 Å². The summed E-state index contributed by atoms with van der Waals surface area (Å²) in [6.07, 6.45) is 2.50. The Morgan fingerprint density at radius 1 is 0.792 bits per heavy atom.